The van der Waals surface area contributed by atoms with E-state index in [-0.39, 0.29) is 53.9 Å². The largest absolute Gasteiger partial charge is 0.385 e. The van der Waals surface area contributed by atoms with Gasteiger partial charge in [-0.15, -0.1) is 0 Å². The summed E-state index contributed by atoms with van der Waals surface area (Å²) in [5.41, 5.74) is 3.85. The summed E-state index contributed by atoms with van der Waals surface area (Å²) in [5.74, 6) is -1.44. The monoisotopic (exact) mass is 775 g/mol. The Kier molecular flexibility index (Phi) is 10.6. The third-order valence-electron chi connectivity index (χ3n) is 11.3. The molecule has 57 heavy (non-hydrogen) atoms. The quantitative estimate of drug-likeness (QED) is 0.114. The minimum absolute atomic E-state index is 0.0563. The molecule has 3 aliphatic heterocycles. The lowest BCUT2D eigenvalue weighted by molar-refractivity contribution is -0.136. The Labute approximate surface area is 328 Å². The summed E-state index contributed by atoms with van der Waals surface area (Å²) < 4.78 is 2.06. The normalized spacial score (nSPS) is 21.0. The lowest BCUT2D eigenvalue weighted by atomic mass is 9.86. The second-order valence-electron chi connectivity index (χ2n) is 15.3. The number of pyridine rings is 1. The zero-order chi connectivity index (χ0) is 39.6. The molecule has 2 saturated heterocycles. The SMILES string of the molecule is Cc1cccc(C(=O)NC2CC(n3cnc4c(NC5CCN(C(=O)CCCCCNc6ccc7c(c6)C(=O)N([C@@H]6CCC(=O)NC6=O)C7=O)CC5)ncnc43)C2)n1. The van der Waals surface area contributed by atoms with Crippen molar-refractivity contribution in [1.82, 2.24) is 44.9 Å². The minimum atomic E-state index is -0.996. The number of aryl methyl sites for hydroxylation is 1. The van der Waals surface area contributed by atoms with E-state index in [1.807, 2.05) is 24.0 Å². The van der Waals surface area contributed by atoms with Crippen molar-refractivity contribution in [3.8, 4) is 0 Å². The number of rotatable bonds is 13. The van der Waals surface area contributed by atoms with Gasteiger partial charge in [-0.2, -0.15) is 0 Å². The van der Waals surface area contributed by atoms with Crippen LogP contribution in [0.15, 0.2) is 49.1 Å². The standard InChI is InChI=1S/C40H45N11O6/c1-23-6-5-7-30(45-23)37(54)47-26-18-27(19-26)50-22-44-34-35(42-21-43-36(34)50)46-24-13-16-49(17-14-24)33(53)8-3-2-4-15-41-25-9-10-28-29(20-25)40(57)51(39(28)56)31-11-12-32(52)48-38(31)55/h5-7,9-10,20-22,24,26-27,31,41H,2-4,8,11-19H2,1H3,(H,47,54)(H,42,43,46)(H,48,52,55)/t26?,27?,31-/m1/s1. The highest BCUT2D eigenvalue weighted by Crippen LogP contribution is 2.35. The molecule has 1 saturated carbocycles. The van der Waals surface area contributed by atoms with Crippen LogP contribution in [0.25, 0.3) is 11.2 Å². The number of unbranched alkanes of at least 4 members (excludes halogenated alkanes) is 2. The van der Waals surface area contributed by atoms with Gasteiger partial charge in [-0.05, 0) is 82.2 Å². The number of aromatic nitrogens is 5. The van der Waals surface area contributed by atoms with E-state index >= 15 is 0 Å². The van der Waals surface area contributed by atoms with Crippen molar-refractivity contribution in [3.63, 3.8) is 0 Å². The third-order valence-corrected chi connectivity index (χ3v) is 11.3. The highest BCUT2D eigenvalue weighted by Gasteiger charge is 2.44. The average Bonchev–Trinajstić information content (AvgIpc) is 3.72. The summed E-state index contributed by atoms with van der Waals surface area (Å²) in [6, 6.07) is 9.75. The van der Waals surface area contributed by atoms with Crippen molar-refractivity contribution in [2.75, 3.05) is 30.3 Å². The Balaban J connectivity index is 0.737. The summed E-state index contributed by atoms with van der Waals surface area (Å²) in [7, 11) is 0. The number of likely N-dealkylation sites (tertiary alicyclic amines) is 1. The Morgan fingerprint density at radius 2 is 1.70 bits per heavy atom. The Bertz CT molecular complexity index is 2240. The zero-order valence-electron chi connectivity index (χ0n) is 31.7. The molecule has 0 spiro atoms. The molecule has 4 aromatic rings. The van der Waals surface area contributed by atoms with E-state index in [4.69, 9.17) is 0 Å². The molecule has 1 aliphatic carbocycles. The lowest BCUT2D eigenvalue weighted by Crippen LogP contribution is -2.54. The van der Waals surface area contributed by atoms with Gasteiger partial charge in [-0.3, -0.25) is 39.0 Å². The molecule has 6 amide bonds. The van der Waals surface area contributed by atoms with Crippen LogP contribution < -0.4 is 21.3 Å². The van der Waals surface area contributed by atoms with E-state index < -0.39 is 29.7 Å². The number of nitrogens with zero attached hydrogens (tertiary/aromatic N) is 7. The molecule has 3 fully saturated rings. The van der Waals surface area contributed by atoms with Crippen LogP contribution in [-0.4, -0.2) is 108 Å². The minimum Gasteiger partial charge on any atom is -0.385 e. The fraction of sp³-hybridized carbons (Fsp3) is 0.450. The number of nitrogens with one attached hydrogen (secondary N) is 4. The highest BCUT2D eigenvalue weighted by atomic mass is 16.2. The van der Waals surface area contributed by atoms with Gasteiger partial charge >= 0.3 is 0 Å². The van der Waals surface area contributed by atoms with Crippen molar-refractivity contribution in [3.05, 3.63) is 71.6 Å². The number of hydrogen-bond acceptors (Lipinski definition) is 12. The van der Waals surface area contributed by atoms with Gasteiger partial charge in [-0.1, -0.05) is 12.5 Å². The molecule has 0 radical (unpaired) electrons. The van der Waals surface area contributed by atoms with E-state index in [0.717, 1.165) is 61.2 Å². The van der Waals surface area contributed by atoms with Gasteiger partial charge in [0.1, 0.15) is 23.6 Å². The maximum atomic E-state index is 13.1. The molecule has 4 N–H and O–H groups in total. The Hall–Kier alpha value is -6.26. The fourth-order valence-electron chi connectivity index (χ4n) is 8.10. The van der Waals surface area contributed by atoms with E-state index in [2.05, 4.69) is 45.8 Å². The number of piperidine rings is 2. The molecule has 296 valence electrons. The molecular weight excluding hydrogens is 731 g/mol. The maximum absolute atomic E-state index is 13.1. The van der Waals surface area contributed by atoms with Crippen LogP contribution in [0.4, 0.5) is 11.5 Å². The topological polar surface area (TPSA) is 214 Å². The average molecular weight is 776 g/mol. The summed E-state index contributed by atoms with van der Waals surface area (Å²) in [5, 5.41) is 12.1. The molecule has 3 aromatic heterocycles. The highest BCUT2D eigenvalue weighted by molar-refractivity contribution is 6.23. The predicted octanol–water partition coefficient (Wildman–Crippen LogP) is 3.14. The van der Waals surface area contributed by atoms with E-state index in [1.165, 1.54) is 0 Å². The van der Waals surface area contributed by atoms with Crippen molar-refractivity contribution in [2.45, 2.75) is 95.3 Å². The zero-order valence-corrected chi connectivity index (χ0v) is 31.7. The van der Waals surface area contributed by atoms with Gasteiger partial charge in [0.05, 0.1) is 17.5 Å². The summed E-state index contributed by atoms with van der Waals surface area (Å²) in [6.07, 6.45) is 9.57. The second-order valence-corrected chi connectivity index (χ2v) is 15.3. The van der Waals surface area contributed by atoms with E-state index in [0.29, 0.717) is 48.8 Å². The summed E-state index contributed by atoms with van der Waals surface area (Å²) in [4.78, 5) is 96.4. The van der Waals surface area contributed by atoms with Gasteiger partial charge < -0.3 is 25.4 Å². The first-order valence-electron chi connectivity index (χ1n) is 19.7. The van der Waals surface area contributed by atoms with Gasteiger partial charge in [-0.25, -0.2) is 19.9 Å². The third kappa shape index (κ3) is 7.91. The first kappa shape index (κ1) is 37.7. The molecule has 8 rings (SSSR count). The molecule has 17 heteroatoms. The smallest absolute Gasteiger partial charge is 0.270 e. The number of carbonyl (C=O) groups excluding carboxylic acids is 6. The number of anilines is 2. The molecule has 0 bridgehead atoms. The van der Waals surface area contributed by atoms with Gasteiger partial charge in [0, 0.05) is 62.0 Å². The fourth-order valence-corrected chi connectivity index (χ4v) is 8.10. The molecule has 1 aromatic carbocycles. The van der Waals surface area contributed by atoms with Crippen LogP contribution in [-0.2, 0) is 14.4 Å². The predicted molar refractivity (Wildman–Crippen MR) is 207 cm³/mol. The number of hydrogen-bond donors (Lipinski definition) is 4. The number of imidazole rings is 1. The van der Waals surface area contributed by atoms with Crippen LogP contribution in [0.1, 0.15) is 107 Å². The van der Waals surface area contributed by atoms with Crippen molar-refractivity contribution >= 4 is 58.1 Å². The van der Waals surface area contributed by atoms with Crippen molar-refractivity contribution in [2.24, 2.45) is 0 Å². The Morgan fingerprint density at radius 3 is 2.49 bits per heavy atom. The summed E-state index contributed by atoms with van der Waals surface area (Å²) in [6.45, 7) is 3.82. The van der Waals surface area contributed by atoms with Crippen LogP contribution in [0.2, 0.25) is 0 Å². The van der Waals surface area contributed by atoms with Crippen LogP contribution in [0.3, 0.4) is 0 Å². The number of imide groups is 2. The Morgan fingerprint density at radius 1 is 0.895 bits per heavy atom. The van der Waals surface area contributed by atoms with Crippen LogP contribution in [0.5, 0.6) is 0 Å². The molecule has 17 nitrogen and oxygen atoms in total. The van der Waals surface area contributed by atoms with Gasteiger partial charge in [0.2, 0.25) is 17.7 Å². The molecular formula is C40H45N11O6. The molecule has 6 heterocycles. The van der Waals surface area contributed by atoms with E-state index in [9.17, 15) is 28.8 Å². The second kappa shape index (κ2) is 16.1. The number of amides is 6. The van der Waals surface area contributed by atoms with Crippen molar-refractivity contribution < 1.29 is 28.8 Å². The van der Waals surface area contributed by atoms with Gasteiger partial charge in [0.25, 0.3) is 17.7 Å². The number of benzene rings is 1. The molecule has 0 unspecified atom stereocenters. The summed E-state index contributed by atoms with van der Waals surface area (Å²) >= 11 is 0. The van der Waals surface area contributed by atoms with Crippen molar-refractivity contribution in [1.29, 1.82) is 0 Å². The lowest BCUT2D eigenvalue weighted by Gasteiger charge is -2.36. The number of fused-ring (bicyclic) bond motifs is 2. The molecule has 4 aliphatic rings. The van der Waals surface area contributed by atoms with Crippen LogP contribution >= 0.6 is 0 Å². The van der Waals surface area contributed by atoms with Crippen LogP contribution in [0, 0.1) is 6.92 Å². The molecule has 1 atom stereocenters. The first-order chi connectivity index (χ1) is 27.6. The maximum Gasteiger partial charge on any atom is 0.270 e. The first-order valence-corrected chi connectivity index (χ1v) is 19.7. The van der Waals surface area contributed by atoms with Gasteiger partial charge in [0.15, 0.2) is 11.5 Å². The number of carbonyl (C=O) groups is 6. The van der Waals surface area contributed by atoms with E-state index in [1.54, 1.807) is 36.9 Å².